The van der Waals surface area contributed by atoms with E-state index in [1.807, 2.05) is 37.3 Å². The molecule has 17 heavy (non-hydrogen) atoms. The Morgan fingerprint density at radius 1 is 1.29 bits per heavy atom. The Hall–Kier alpha value is -2.16. The van der Waals surface area contributed by atoms with Crippen LogP contribution in [0.15, 0.2) is 36.5 Å². The van der Waals surface area contributed by atoms with E-state index in [4.69, 9.17) is 0 Å². The zero-order valence-electron chi connectivity index (χ0n) is 9.82. The second-order valence-corrected chi connectivity index (χ2v) is 3.83. The van der Waals surface area contributed by atoms with Crippen molar-refractivity contribution in [3.8, 4) is 11.1 Å². The molecule has 1 aromatic carbocycles. The van der Waals surface area contributed by atoms with Crippen molar-refractivity contribution in [2.45, 2.75) is 13.8 Å². The molecular weight excluding hydrogens is 212 g/mol. The van der Waals surface area contributed by atoms with Gasteiger partial charge in [0.25, 0.3) is 0 Å². The molecule has 1 N–H and O–H groups in total. The molecule has 0 spiro atoms. The number of carbonyl (C=O) groups is 1. The molecule has 1 amide bonds. The Morgan fingerprint density at radius 3 is 2.65 bits per heavy atom. The van der Waals surface area contributed by atoms with Gasteiger partial charge in [-0.3, -0.25) is 9.78 Å². The Bertz CT molecular complexity index is 535. The fraction of sp³-hybridized carbons (Fsp3) is 0.143. The van der Waals surface area contributed by atoms with E-state index in [1.54, 1.807) is 6.20 Å². The van der Waals surface area contributed by atoms with Crippen molar-refractivity contribution in [2.24, 2.45) is 0 Å². The molecule has 0 bridgehead atoms. The number of nitrogens with zero attached hydrogens (tertiary/aromatic N) is 1. The van der Waals surface area contributed by atoms with Gasteiger partial charge < -0.3 is 5.32 Å². The van der Waals surface area contributed by atoms with Crippen LogP contribution in [0.1, 0.15) is 12.5 Å². The van der Waals surface area contributed by atoms with E-state index < -0.39 is 0 Å². The first-order valence-electron chi connectivity index (χ1n) is 5.39. The van der Waals surface area contributed by atoms with Crippen LogP contribution in [-0.4, -0.2) is 10.9 Å². The SMILES string of the molecule is CC(=O)Nc1cn[c]c(-c2ccccc2)c1C. The van der Waals surface area contributed by atoms with Crippen LogP contribution in [0.25, 0.3) is 11.1 Å². The van der Waals surface area contributed by atoms with Gasteiger partial charge in [0.2, 0.25) is 5.91 Å². The van der Waals surface area contributed by atoms with Gasteiger partial charge >= 0.3 is 0 Å². The maximum absolute atomic E-state index is 11.1. The standard InChI is InChI=1S/C14H13N2O/c1-10-13(12-6-4-3-5-7-12)8-15-9-14(10)16-11(2)17/h3-7,9H,1-2H3,(H,16,17). The first kappa shape index (κ1) is 11.3. The molecule has 0 aliphatic rings. The molecule has 85 valence electrons. The monoisotopic (exact) mass is 225 g/mol. The average Bonchev–Trinajstić information content (AvgIpc) is 2.32. The lowest BCUT2D eigenvalue weighted by molar-refractivity contribution is -0.114. The van der Waals surface area contributed by atoms with Crippen LogP contribution < -0.4 is 5.32 Å². The van der Waals surface area contributed by atoms with E-state index in [1.165, 1.54) is 6.92 Å². The van der Waals surface area contributed by atoms with E-state index in [9.17, 15) is 4.79 Å². The summed E-state index contributed by atoms with van der Waals surface area (Å²) in [5, 5.41) is 2.76. The van der Waals surface area contributed by atoms with Crippen molar-refractivity contribution >= 4 is 11.6 Å². The Kier molecular flexibility index (Phi) is 3.19. The largest absolute Gasteiger partial charge is 0.325 e. The molecule has 1 heterocycles. The number of pyridine rings is 1. The molecule has 0 saturated heterocycles. The predicted molar refractivity (Wildman–Crippen MR) is 67.5 cm³/mol. The van der Waals surface area contributed by atoms with E-state index in [0.29, 0.717) is 0 Å². The number of anilines is 1. The minimum atomic E-state index is -0.0971. The molecule has 0 aliphatic heterocycles. The average molecular weight is 225 g/mol. The third-order valence-electron chi connectivity index (χ3n) is 2.52. The van der Waals surface area contributed by atoms with Gasteiger partial charge in [-0.05, 0) is 18.1 Å². The minimum absolute atomic E-state index is 0.0971. The summed E-state index contributed by atoms with van der Waals surface area (Å²) < 4.78 is 0. The molecule has 0 fully saturated rings. The van der Waals surface area contributed by atoms with Gasteiger partial charge in [-0.15, -0.1) is 0 Å². The van der Waals surface area contributed by atoms with E-state index in [-0.39, 0.29) is 5.91 Å². The van der Waals surface area contributed by atoms with Crippen LogP contribution in [0.3, 0.4) is 0 Å². The summed E-state index contributed by atoms with van der Waals surface area (Å²) in [5.74, 6) is -0.0971. The molecule has 2 rings (SSSR count). The van der Waals surface area contributed by atoms with Crippen molar-refractivity contribution in [1.29, 1.82) is 0 Å². The summed E-state index contributed by atoms with van der Waals surface area (Å²) in [7, 11) is 0. The molecule has 3 heteroatoms. The zero-order valence-corrected chi connectivity index (χ0v) is 9.82. The smallest absolute Gasteiger partial charge is 0.221 e. The summed E-state index contributed by atoms with van der Waals surface area (Å²) in [6.07, 6.45) is 4.58. The Balaban J connectivity index is 2.46. The van der Waals surface area contributed by atoms with Gasteiger partial charge in [0.1, 0.15) is 0 Å². The minimum Gasteiger partial charge on any atom is -0.325 e. The normalized spacial score (nSPS) is 10.0. The maximum atomic E-state index is 11.1. The van der Waals surface area contributed by atoms with E-state index in [2.05, 4.69) is 16.5 Å². The lowest BCUT2D eigenvalue weighted by Gasteiger charge is -2.10. The van der Waals surface area contributed by atoms with Crippen molar-refractivity contribution in [3.63, 3.8) is 0 Å². The summed E-state index contributed by atoms with van der Waals surface area (Å²) in [4.78, 5) is 15.1. The Labute approximate surface area is 101 Å². The molecule has 0 unspecified atom stereocenters. The summed E-state index contributed by atoms with van der Waals surface area (Å²) in [6.45, 7) is 3.43. The highest BCUT2D eigenvalue weighted by Gasteiger charge is 2.07. The molecule has 2 aromatic rings. The molecule has 1 aromatic heterocycles. The maximum Gasteiger partial charge on any atom is 0.221 e. The Morgan fingerprint density at radius 2 is 2.00 bits per heavy atom. The van der Waals surface area contributed by atoms with Crippen LogP contribution in [-0.2, 0) is 4.79 Å². The van der Waals surface area contributed by atoms with Crippen LogP contribution in [0, 0.1) is 13.1 Å². The summed E-state index contributed by atoms with van der Waals surface area (Å²) in [6, 6.07) is 9.89. The summed E-state index contributed by atoms with van der Waals surface area (Å²) in [5.41, 5.74) is 3.66. The number of nitrogens with one attached hydrogen (secondary N) is 1. The van der Waals surface area contributed by atoms with Gasteiger partial charge in [-0.25, -0.2) is 0 Å². The number of carbonyl (C=O) groups excluding carboxylic acids is 1. The molecule has 1 radical (unpaired) electrons. The van der Waals surface area contributed by atoms with E-state index >= 15 is 0 Å². The van der Waals surface area contributed by atoms with Gasteiger partial charge in [-0.2, -0.15) is 0 Å². The van der Waals surface area contributed by atoms with Crippen molar-refractivity contribution in [3.05, 3.63) is 48.3 Å². The summed E-state index contributed by atoms with van der Waals surface area (Å²) >= 11 is 0. The topological polar surface area (TPSA) is 42.0 Å². The van der Waals surface area contributed by atoms with Gasteiger partial charge in [-0.1, -0.05) is 30.3 Å². The second-order valence-electron chi connectivity index (χ2n) is 3.83. The highest BCUT2D eigenvalue weighted by molar-refractivity contribution is 5.90. The lowest BCUT2D eigenvalue weighted by atomic mass is 10.0. The number of rotatable bonds is 2. The van der Waals surface area contributed by atoms with E-state index in [0.717, 1.165) is 22.4 Å². The molecule has 3 nitrogen and oxygen atoms in total. The molecule has 0 saturated carbocycles. The highest BCUT2D eigenvalue weighted by Crippen LogP contribution is 2.26. The first-order valence-corrected chi connectivity index (χ1v) is 5.39. The molecular formula is C14H13N2O. The van der Waals surface area contributed by atoms with Crippen LogP contribution in [0.4, 0.5) is 5.69 Å². The number of hydrogen-bond acceptors (Lipinski definition) is 2. The quantitative estimate of drug-likeness (QED) is 0.853. The van der Waals surface area contributed by atoms with Gasteiger partial charge in [0, 0.05) is 12.5 Å². The van der Waals surface area contributed by atoms with Crippen LogP contribution in [0.2, 0.25) is 0 Å². The highest BCUT2D eigenvalue weighted by atomic mass is 16.1. The third-order valence-corrected chi connectivity index (χ3v) is 2.52. The number of hydrogen-bond donors (Lipinski definition) is 1. The third kappa shape index (κ3) is 2.50. The van der Waals surface area contributed by atoms with Gasteiger partial charge in [0.15, 0.2) is 0 Å². The molecule has 0 atom stereocenters. The lowest BCUT2D eigenvalue weighted by Crippen LogP contribution is -2.08. The second kappa shape index (κ2) is 4.78. The molecule has 0 aliphatic carbocycles. The number of benzene rings is 1. The van der Waals surface area contributed by atoms with Crippen LogP contribution >= 0.6 is 0 Å². The van der Waals surface area contributed by atoms with Crippen molar-refractivity contribution < 1.29 is 4.79 Å². The number of amides is 1. The van der Waals surface area contributed by atoms with Gasteiger partial charge in [0.05, 0.1) is 18.1 Å². The fourth-order valence-electron chi connectivity index (χ4n) is 1.68. The first-order chi connectivity index (χ1) is 8.18. The zero-order chi connectivity index (χ0) is 12.3. The van der Waals surface area contributed by atoms with Crippen LogP contribution in [0.5, 0.6) is 0 Å². The fourth-order valence-corrected chi connectivity index (χ4v) is 1.68. The van der Waals surface area contributed by atoms with Crippen molar-refractivity contribution in [1.82, 2.24) is 4.98 Å². The predicted octanol–water partition coefficient (Wildman–Crippen LogP) is 2.82. The van der Waals surface area contributed by atoms with Crippen molar-refractivity contribution in [2.75, 3.05) is 5.32 Å². The number of aromatic nitrogens is 1.